The van der Waals surface area contributed by atoms with Crippen LogP contribution in [0.3, 0.4) is 0 Å². The van der Waals surface area contributed by atoms with Gasteiger partial charge in [-0.2, -0.15) is 0 Å². The molecule has 0 bridgehead atoms. The Labute approximate surface area is 283 Å². The first-order valence-corrected chi connectivity index (χ1v) is 15.9. The Kier molecular flexibility index (Phi) is 14.4. The lowest BCUT2D eigenvalue weighted by Crippen LogP contribution is -2.56. The van der Waals surface area contributed by atoms with E-state index in [-0.39, 0.29) is 32.6 Å². The Morgan fingerprint density at radius 3 is 2.24 bits per heavy atom. The van der Waals surface area contributed by atoms with Crippen LogP contribution < -0.4 is 27.0 Å². The van der Waals surface area contributed by atoms with Crippen LogP contribution in [0, 0.1) is 5.92 Å². The highest BCUT2D eigenvalue weighted by molar-refractivity contribution is 6.15. The number of amides is 6. The first kappa shape index (κ1) is 38.7. The standard InChI is InChI=1S/C32H45N7O10/c1-18(2)28(37-25(41)15-38-22(17-48-4)14-24(31(38)46)39-26(42)11-12-27(39)43)30(45)36-23(6-5-13-34-32(33)47)29(44)35-21-9-7-20(8-10-21)16-49-19(3)40/h7-12,18,22-24,28,32,34,47H,5-6,13-17,33H2,1-4H3,(H,35,44)(H,36,45)(H,37,41)/t22-,23-,24-,28-,32?/m0/s1. The van der Waals surface area contributed by atoms with Crippen molar-refractivity contribution < 1.29 is 48.1 Å². The molecule has 3 rings (SSSR count). The van der Waals surface area contributed by atoms with E-state index in [0.29, 0.717) is 17.7 Å². The van der Waals surface area contributed by atoms with Crippen LogP contribution in [0.1, 0.15) is 45.6 Å². The fourth-order valence-corrected chi connectivity index (χ4v) is 5.44. The van der Waals surface area contributed by atoms with Crippen molar-refractivity contribution in [2.45, 2.75) is 77.2 Å². The summed E-state index contributed by atoms with van der Waals surface area (Å²) >= 11 is 0. The predicted molar refractivity (Wildman–Crippen MR) is 173 cm³/mol. The molecule has 0 spiro atoms. The number of methoxy groups -OCH3 is 1. The Hall–Kier alpha value is -4.71. The van der Waals surface area contributed by atoms with Gasteiger partial charge >= 0.3 is 5.97 Å². The number of nitrogens with two attached hydrogens (primary N) is 1. The number of hydrogen-bond acceptors (Lipinski definition) is 12. The third-order valence-corrected chi connectivity index (χ3v) is 7.92. The monoisotopic (exact) mass is 687 g/mol. The summed E-state index contributed by atoms with van der Waals surface area (Å²) in [7, 11) is 1.42. The summed E-state index contributed by atoms with van der Waals surface area (Å²) in [6.07, 6.45) is 1.46. The van der Waals surface area contributed by atoms with Crippen molar-refractivity contribution in [1.82, 2.24) is 25.8 Å². The van der Waals surface area contributed by atoms with Crippen molar-refractivity contribution in [1.29, 1.82) is 0 Å². The third kappa shape index (κ3) is 11.2. The van der Waals surface area contributed by atoms with Crippen LogP contribution in [0.25, 0.3) is 0 Å². The lowest BCUT2D eigenvalue weighted by Gasteiger charge is -2.28. The van der Waals surface area contributed by atoms with Gasteiger partial charge in [0, 0.05) is 38.3 Å². The second kappa shape index (κ2) is 18.2. The van der Waals surface area contributed by atoms with Crippen molar-refractivity contribution in [3.05, 3.63) is 42.0 Å². The Morgan fingerprint density at radius 2 is 1.67 bits per heavy atom. The number of rotatable bonds is 18. The number of carbonyl (C=O) groups is 7. The van der Waals surface area contributed by atoms with E-state index in [1.165, 1.54) is 18.9 Å². The van der Waals surface area contributed by atoms with Crippen molar-refractivity contribution in [3.8, 4) is 0 Å². The normalized spacial score (nSPS) is 19.2. The van der Waals surface area contributed by atoms with Gasteiger partial charge in [-0.25, -0.2) is 0 Å². The molecule has 0 aliphatic carbocycles. The van der Waals surface area contributed by atoms with Crippen LogP contribution in [0.4, 0.5) is 5.69 Å². The molecule has 268 valence electrons. The van der Waals surface area contributed by atoms with Crippen LogP contribution in [0.15, 0.2) is 36.4 Å². The maximum absolute atomic E-state index is 13.6. The van der Waals surface area contributed by atoms with Gasteiger partial charge in [-0.15, -0.1) is 0 Å². The van der Waals surface area contributed by atoms with Gasteiger partial charge in [-0.1, -0.05) is 26.0 Å². The number of hydrogen-bond donors (Lipinski definition) is 6. The van der Waals surface area contributed by atoms with Gasteiger partial charge in [0.1, 0.15) is 24.7 Å². The molecule has 1 aromatic rings. The maximum atomic E-state index is 13.6. The minimum Gasteiger partial charge on any atom is -0.461 e. The summed E-state index contributed by atoms with van der Waals surface area (Å²) in [4.78, 5) is 91.2. The topological polar surface area (TPSA) is 239 Å². The molecule has 1 aromatic carbocycles. The number of nitrogens with zero attached hydrogens (tertiary/aromatic N) is 2. The predicted octanol–water partition coefficient (Wildman–Crippen LogP) is -1.54. The molecule has 2 aliphatic rings. The molecule has 49 heavy (non-hydrogen) atoms. The second-order valence-corrected chi connectivity index (χ2v) is 12.1. The van der Waals surface area contributed by atoms with Crippen molar-refractivity contribution >= 4 is 47.1 Å². The maximum Gasteiger partial charge on any atom is 0.302 e. The number of ether oxygens (including phenoxy) is 2. The molecule has 1 saturated heterocycles. The van der Waals surface area contributed by atoms with E-state index in [1.807, 2.05) is 0 Å². The molecule has 2 aliphatic heterocycles. The van der Waals surface area contributed by atoms with E-state index in [0.717, 1.165) is 17.1 Å². The van der Waals surface area contributed by atoms with Crippen molar-refractivity contribution in [3.63, 3.8) is 0 Å². The summed E-state index contributed by atoms with van der Waals surface area (Å²) in [5.41, 5.74) is 6.45. The Bertz CT molecular complexity index is 1400. The highest BCUT2D eigenvalue weighted by Crippen LogP contribution is 2.26. The molecule has 1 fully saturated rings. The van der Waals surface area contributed by atoms with Crippen LogP contribution in [-0.2, 0) is 49.6 Å². The molecule has 5 atom stereocenters. The van der Waals surface area contributed by atoms with E-state index < -0.39 is 84.4 Å². The van der Waals surface area contributed by atoms with Gasteiger partial charge in [0.2, 0.25) is 23.6 Å². The highest BCUT2D eigenvalue weighted by Gasteiger charge is 2.47. The summed E-state index contributed by atoms with van der Waals surface area (Å²) in [5, 5.41) is 20.0. The zero-order chi connectivity index (χ0) is 36.2. The zero-order valence-corrected chi connectivity index (χ0v) is 28.0. The first-order valence-electron chi connectivity index (χ1n) is 15.9. The number of carbonyl (C=O) groups excluding carboxylic acids is 7. The van der Waals surface area contributed by atoms with Gasteiger partial charge in [0.05, 0.1) is 19.2 Å². The lowest BCUT2D eigenvalue weighted by atomic mass is 10.0. The summed E-state index contributed by atoms with van der Waals surface area (Å²) in [6.45, 7) is 4.59. The number of anilines is 1. The van der Waals surface area contributed by atoms with E-state index in [4.69, 9.17) is 15.2 Å². The van der Waals surface area contributed by atoms with Crippen molar-refractivity contribution in [2.24, 2.45) is 11.7 Å². The second-order valence-electron chi connectivity index (χ2n) is 12.1. The fourth-order valence-electron chi connectivity index (χ4n) is 5.44. The van der Waals surface area contributed by atoms with Gasteiger partial charge in [-0.3, -0.25) is 49.5 Å². The fraction of sp³-hybridized carbons (Fsp3) is 0.531. The molecule has 0 radical (unpaired) electrons. The molecule has 0 aromatic heterocycles. The molecule has 6 amide bonds. The molecule has 17 nitrogen and oxygen atoms in total. The number of benzene rings is 1. The zero-order valence-electron chi connectivity index (χ0n) is 28.0. The number of esters is 1. The van der Waals surface area contributed by atoms with Crippen LogP contribution in [0.2, 0.25) is 0 Å². The minimum atomic E-state index is -1.26. The highest BCUT2D eigenvalue weighted by atomic mass is 16.5. The largest absolute Gasteiger partial charge is 0.461 e. The molecular weight excluding hydrogens is 642 g/mol. The van der Waals surface area contributed by atoms with E-state index in [9.17, 15) is 38.7 Å². The number of likely N-dealkylation sites (tertiary alicyclic amines) is 1. The molecule has 17 heteroatoms. The summed E-state index contributed by atoms with van der Waals surface area (Å²) in [5.74, 6) is -4.56. The Morgan fingerprint density at radius 1 is 1.02 bits per heavy atom. The number of aliphatic hydroxyl groups excluding tert-OH is 1. The number of aliphatic hydroxyl groups is 1. The minimum absolute atomic E-state index is 0.0506. The number of imide groups is 1. The van der Waals surface area contributed by atoms with Gasteiger partial charge in [0.25, 0.3) is 11.8 Å². The summed E-state index contributed by atoms with van der Waals surface area (Å²) < 4.78 is 10.2. The lowest BCUT2D eigenvalue weighted by molar-refractivity contribution is -0.147. The average molecular weight is 688 g/mol. The smallest absolute Gasteiger partial charge is 0.302 e. The van der Waals surface area contributed by atoms with Gasteiger partial charge < -0.3 is 35.4 Å². The first-order chi connectivity index (χ1) is 23.2. The molecule has 0 saturated carbocycles. The van der Waals surface area contributed by atoms with Crippen molar-refractivity contribution in [2.75, 3.05) is 32.1 Å². The molecular formula is C32H45N7O10. The molecule has 7 N–H and O–H groups in total. The van der Waals surface area contributed by atoms with Crippen LogP contribution in [0.5, 0.6) is 0 Å². The third-order valence-electron chi connectivity index (χ3n) is 7.92. The average Bonchev–Trinajstić information content (AvgIpc) is 3.52. The van der Waals surface area contributed by atoms with Gasteiger partial charge in [0.15, 0.2) is 6.35 Å². The molecule has 1 unspecified atom stereocenters. The van der Waals surface area contributed by atoms with Crippen LogP contribution in [-0.4, -0.2) is 114 Å². The van der Waals surface area contributed by atoms with E-state index in [1.54, 1.807) is 38.1 Å². The van der Waals surface area contributed by atoms with E-state index >= 15 is 0 Å². The SMILES string of the molecule is COC[C@@H]1C[C@H](N2C(=O)C=CC2=O)C(=O)N1CC(=O)N[C@H](C(=O)N[C@@H](CCCNC(N)O)C(=O)Nc1ccc(COC(C)=O)cc1)C(C)C. The van der Waals surface area contributed by atoms with Gasteiger partial charge in [-0.05, 0) is 43.0 Å². The number of nitrogens with one attached hydrogen (secondary N) is 4. The van der Waals surface area contributed by atoms with Crippen LogP contribution >= 0.6 is 0 Å². The summed E-state index contributed by atoms with van der Waals surface area (Å²) in [6, 6.07) is 2.72. The molecule has 2 heterocycles. The van der Waals surface area contributed by atoms with E-state index in [2.05, 4.69) is 21.3 Å². The Balaban J connectivity index is 1.69. The quantitative estimate of drug-likeness (QED) is 0.0446.